The van der Waals surface area contributed by atoms with Crippen LogP contribution >= 0.6 is 0 Å². The van der Waals surface area contributed by atoms with Crippen molar-refractivity contribution in [3.63, 3.8) is 0 Å². The van der Waals surface area contributed by atoms with E-state index in [0.717, 1.165) is 29.8 Å². The van der Waals surface area contributed by atoms with Crippen molar-refractivity contribution in [1.29, 1.82) is 0 Å². The molecule has 204 valence electrons. The number of nitrogens with zero attached hydrogens (tertiary/aromatic N) is 3. The van der Waals surface area contributed by atoms with Gasteiger partial charge in [-0.25, -0.2) is 0 Å². The molecule has 3 heterocycles. The SMILES string of the molecule is COCCN(C[C@@H]1CCCN2CCCC[C@H]12)C(=O)[C@@H]1c2ccccc2C(=O)N(C)[C@@H]1c1ccc(OC)cc1. The van der Waals surface area contributed by atoms with Crippen molar-refractivity contribution >= 4 is 11.8 Å². The number of fused-ring (bicyclic) bond motifs is 2. The lowest BCUT2D eigenvalue weighted by Gasteiger charge is -2.47. The molecule has 0 spiro atoms. The molecule has 2 fully saturated rings. The molecule has 0 bridgehead atoms. The predicted octanol–water partition coefficient (Wildman–Crippen LogP) is 4.35. The van der Waals surface area contributed by atoms with Gasteiger partial charge in [-0.15, -0.1) is 0 Å². The Hall–Kier alpha value is -2.90. The number of amides is 2. The number of carbonyl (C=O) groups excluding carboxylic acids is 2. The van der Waals surface area contributed by atoms with Crippen molar-refractivity contribution in [2.75, 3.05) is 54.1 Å². The molecule has 2 saturated heterocycles. The topological polar surface area (TPSA) is 62.3 Å². The summed E-state index contributed by atoms with van der Waals surface area (Å²) in [5, 5.41) is 0. The normalized spacial score (nSPS) is 25.4. The second kappa shape index (κ2) is 11.9. The largest absolute Gasteiger partial charge is 0.497 e. The Morgan fingerprint density at radius 3 is 2.53 bits per heavy atom. The highest BCUT2D eigenvalue weighted by atomic mass is 16.5. The maximum absolute atomic E-state index is 14.7. The van der Waals surface area contributed by atoms with E-state index in [2.05, 4.69) is 4.90 Å². The molecule has 4 atom stereocenters. The quantitative estimate of drug-likeness (QED) is 0.519. The lowest BCUT2D eigenvalue weighted by molar-refractivity contribution is -0.136. The van der Waals surface area contributed by atoms with Crippen LogP contribution in [0.25, 0.3) is 0 Å². The molecular formula is C31H41N3O4. The van der Waals surface area contributed by atoms with Crippen LogP contribution in [0.1, 0.15) is 65.5 Å². The van der Waals surface area contributed by atoms with Gasteiger partial charge in [0.1, 0.15) is 5.75 Å². The van der Waals surface area contributed by atoms with Crippen LogP contribution in [0.3, 0.4) is 0 Å². The third-order valence-corrected chi connectivity index (χ3v) is 8.86. The Kier molecular flexibility index (Phi) is 8.34. The van der Waals surface area contributed by atoms with Crippen LogP contribution in [-0.4, -0.2) is 86.6 Å². The first-order valence-electron chi connectivity index (χ1n) is 14.0. The summed E-state index contributed by atoms with van der Waals surface area (Å²) in [4.78, 5) is 34.5. The molecule has 5 rings (SSSR count). The average molecular weight is 520 g/mol. The number of carbonyl (C=O) groups is 2. The highest BCUT2D eigenvalue weighted by Gasteiger charge is 2.45. The van der Waals surface area contributed by atoms with Gasteiger partial charge in [-0.1, -0.05) is 36.8 Å². The predicted molar refractivity (Wildman–Crippen MR) is 147 cm³/mol. The van der Waals surface area contributed by atoms with Gasteiger partial charge in [0.25, 0.3) is 5.91 Å². The molecule has 0 radical (unpaired) electrons. The summed E-state index contributed by atoms with van der Waals surface area (Å²) >= 11 is 0. The fraction of sp³-hybridized carbons (Fsp3) is 0.548. The Morgan fingerprint density at radius 1 is 1.00 bits per heavy atom. The Labute approximate surface area is 226 Å². The van der Waals surface area contributed by atoms with Gasteiger partial charge >= 0.3 is 0 Å². The fourth-order valence-corrected chi connectivity index (χ4v) is 6.92. The fourth-order valence-electron chi connectivity index (χ4n) is 6.92. The van der Waals surface area contributed by atoms with Gasteiger partial charge in [0, 0.05) is 38.9 Å². The maximum Gasteiger partial charge on any atom is 0.254 e. The van der Waals surface area contributed by atoms with Crippen molar-refractivity contribution in [3.8, 4) is 5.75 Å². The van der Waals surface area contributed by atoms with Crippen LogP contribution < -0.4 is 4.74 Å². The van der Waals surface area contributed by atoms with Crippen molar-refractivity contribution in [2.45, 2.75) is 50.1 Å². The van der Waals surface area contributed by atoms with E-state index in [-0.39, 0.29) is 11.8 Å². The third-order valence-electron chi connectivity index (χ3n) is 8.86. The van der Waals surface area contributed by atoms with Crippen molar-refractivity contribution in [1.82, 2.24) is 14.7 Å². The molecule has 2 amide bonds. The maximum atomic E-state index is 14.7. The minimum atomic E-state index is -0.495. The molecule has 2 aromatic rings. The standard InChI is InChI=1S/C31H41N3O4/c1-32-29(22-13-15-24(38-3)16-14-22)28(25-10-4-5-11-26(25)30(32)35)31(36)34(19-20-37-2)21-23-9-8-18-33-17-7-6-12-27(23)33/h4-5,10-11,13-16,23,27-29H,6-9,12,17-21H2,1-3H3/t23-,27+,28+,29+/m0/s1. The highest BCUT2D eigenvalue weighted by Crippen LogP contribution is 2.43. The van der Waals surface area contributed by atoms with E-state index in [1.807, 2.05) is 60.5 Å². The molecule has 2 aromatic carbocycles. The molecule has 7 nitrogen and oxygen atoms in total. The molecule has 0 saturated carbocycles. The molecular weight excluding hydrogens is 478 g/mol. The van der Waals surface area contributed by atoms with Gasteiger partial charge in [-0.2, -0.15) is 0 Å². The van der Waals surface area contributed by atoms with Crippen molar-refractivity contribution in [2.24, 2.45) is 5.92 Å². The first-order chi connectivity index (χ1) is 18.5. The van der Waals surface area contributed by atoms with Crippen molar-refractivity contribution < 1.29 is 19.1 Å². The first-order valence-corrected chi connectivity index (χ1v) is 14.0. The number of hydrogen-bond acceptors (Lipinski definition) is 5. The molecule has 0 aromatic heterocycles. The lowest BCUT2D eigenvalue weighted by Crippen LogP contribution is -2.53. The van der Waals surface area contributed by atoms with Crippen molar-refractivity contribution in [3.05, 3.63) is 65.2 Å². The summed E-state index contributed by atoms with van der Waals surface area (Å²) < 4.78 is 10.8. The summed E-state index contributed by atoms with van der Waals surface area (Å²) in [6.45, 7) is 4.12. The van der Waals surface area contributed by atoms with E-state index in [0.29, 0.717) is 30.7 Å². The molecule has 0 aliphatic carbocycles. The number of methoxy groups -OCH3 is 2. The van der Waals surface area contributed by atoms with E-state index >= 15 is 0 Å². The van der Waals surface area contributed by atoms with Gasteiger partial charge in [0.15, 0.2) is 0 Å². The van der Waals surface area contributed by atoms with Crippen LogP contribution in [0.4, 0.5) is 0 Å². The van der Waals surface area contributed by atoms with Gasteiger partial charge in [-0.05, 0) is 74.0 Å². The third kappa shape index (κ3) is 5.19. The summed E-state index contributed by atoms with van der Waals surface area (Å²) in [6, 6.07) is 15.5. The number of benzene rings is 2. The second-order valence-electron chi connectivity index (χ2n) is 11.0. The van der Waals surface area contributed by atoms with Gasteiger partial charge < -0.3 is 24.2 Å². The Morgan fingerprint density at radius 2 is 1.76 bits per heavy atom. The monoisotopic (exact) mass is 519 g/mol. The van der Waals surface area contributed by atoms with E-state index in [4.69, 9.17) is 9.47 Å². The van der Waals surface area contributed by atoms with Crippen LogP contribution in [0.5, 0.6) is 5.75 Å². The van der Waals surface area contributed by atoms with E-state index < -0.39 is 12.0 Å². The number of rotatable bonds is 8. The first kappa shape index (κ1) is 26.7. The zero-order chi connectivity index (χ0) is 26.6. The van der Waals surface area contributed by atoms with Gasteiger partial charge in [0.05, 0.1) is 25.7 Å². The number of hydrogen-bond donors (Lipinski definition) is 0. The summed E-state index contributed by atoms with van der Waals surface area (Å²) in [6.07, 6.45) is 6.10. The van der Waals surface area contributed by atoms with Crippen LogP contribution in [0.2, 0.25) is 0 Å². The molecule has 0 N–H and O–H groups in total. The van der Waals surface area contributed by atoms with Gasteiger partial charge in [0.2, 0.25) is 5.91 Å². The minimum absolute atomic E-state index is 0.0564. The second-order valence-corrected chi connectivity index (χ2v) is 11.0. The zero-order valence-corrected chi connectivity index (χ0v) is 23.0. The van der Waals surface area contributed by atoms with Crippen LogP contribution in [0, 0.1) is 5.92 Å². The van der Waals surface area contributed by atoms with E-state index in [1.54, 1.807) is 19.1 Å². The summed E-state index contributed by atoms with van der Waals surface area (Å²) in [5.41, 5.74) is 2.35. The average Bonchev–Trinajstić information content (AvgIpc) is 2.97. The van der Waals surface area contributed by atoms with Crippen LogP contribution in [0.15, 0.2) is 48.5 Å². The molecule has 38 heavy (non-hydrogen) atoms. The molecule has 3 aliphatic rings. The molecule has 7 heteroatoms. The minimum Gasteiger partial charge on any atom is -0.497 e. The molecule has 0 unspecified atom stereocenters. The smallest absolute Gasteiger partial charge is 0.254 e. The summed E-state index contributed by atoms with van der Waals surface area (Å²) in [5.74, 6) is 0.729. The van der Waals surface area contributed by atoms with E-state index in [1.165, 1.54) is 38.8 Å². The molecule has 3 aliphatic heterocycles. The number of piperidine rings is 2. The summed E-state index contributed by atoms with van der Waals surface area (Å²) in [7, 11) is 5.14. The van der Waals surface area contributed by atoms with Gasteiger partial charge in [-0.3, -0.25) is 9.59 Å². The number of likely N-dealkylation sites (N-methyl/N-ethyl adjacent to an activating group) is 1. The Balaban J connectivity index is 1.51. The van der Waals surface area contributed by atoms with Crippen LogP contribution in [-0.2, 0) is 9.53 Å². The lowest BCUT2D eigenvalue weighted by atomic mass is 9.78. The highest BCUT2D eigenvalue weighted by molar-refractivity contribution is 6.01. The Bertz CT molecular complexity index is 1120. The number of ether oxygens (including phenoxy) is 2. The van der Waals surface area contributed by atoms with E-state index in [9.17, 15) is 9.59 Å². The zero-order valence-electron chi connectivity index (χ0n) is 23.0.